The molecule has 0 aliphatic heterocycles. The number of benzene rings is 2. The number of hydrogen-bond donors (Lipinski definition) is 1. The van der Waals surface area contributed by atoms with Crippen LogP contribution in [0.4, 0.5) is 5.69 Å². The Morgan fingerprint density at radius 3 is 2.44 bits per heavy atom. The number of aryl methyl sites for hydroxylation is 1. The standard InChI is InChI=1S/C20H23N3O2/c1-16-8-5-6-9-17(16)14-19-21-22-20(25-19)15-23(12-7-13-24)18-10-3-2-4-11-18/h2-6,8-11,24H,7,12-15H2,1H3. The predicted octanol–water partition coefficient (Wildman–Crippen LogP) is 3.36. The van der Waals surface area contributed by atoms with Gasteiger partial charge in [-0.05, 0) is 36.6 Å². The number of aliphatic hydroxyl groups is 1. The molecule has 0 saturated heterocycles. The summed E-state index contributed by atoms with van der Waals surface area (Å²) in [6.07, 6.45) is 1.33. The summed E-state index contributed by atoms with van der Waals surface area (Å²) in [6, 6.07) is 18.3. The zero-order valence-corrected chi connectivity index (χ0v) is 14.4. The van der Waals surface area contributed by atoms with Crippen LogP contribution in [0.1, 0.15) is 29.3 Å². The van der Waals surface area contributed by atoms with E-state index in [2.05, 4.69) is 34.2 Å². The molecule has 0 amide bonds. The molecular formula is C20H23N3O2. The maximum Gasteiger partial charge on any atom is 0.235 e. The smallest absolute Gasteiger partial charge is 0.235 e. The molecule has 0 radical (unpaired) electrons. The van der Waals surface area contributed by atoms with Crippen LogP contribution in [-0.2, 0) is 13.0 Å². The van der Waals surface area contributed by atoms with Gasteiger partial charge < -0.3 is 14.4 Å². The van der Waals surface area contributed by atoms with Gasteiger partial charge >= 0.3 is 0 Å². The van der Waals surface area contributed by atoms with Crippen molar-refractivity contribution >= 4 is 5.69 Å². The number of rotatable bonds is 8. The van der Waals surface area contributed by atoms with Crippen LogP contribution in [0.25, 0.3) is 0 Å². The molecule has 0 aliphatic rings. The highest BCUT2D eigenvalue weighted by atomic mass is 16.4. The van der Waals surface area contributed by atoms with Gasteiger partial charge in [0.2, 0.25) is 11.8 Å². The predicted molar refractivity (Wildman–Crippen MR) is 97.5 cm³/mol. The largest absolute Gasteiger partial charge is 0.423 e. The molecule has 0 fully saturated rings. The molecule has 1 aromatic heterocycles. The van der Waals surface area contributed by atoms with E-state index in [4.69, 9.17) is 9.52 Å². The Hall–Kier alpha value is -2.66. The molecule has 0 bridgehead atoms. The molecule has 0 saturated carbocycles. The van der Waals surface area contributed by atoms with Crippen molar-refractivity contribution < 1.29 is 9.52 Å². The Morgan fingerprint density at radius 2 is 1.68 bits per heavy atom. The molecule has 0 unspecified atom stereocenters. The second-order valence-electron chi connectivity index (χ2n) is 6.03. The molecule has 25 heavy (non-hydrogen) atoms. The van der Waals surface area contributed by atoms with E-state index in [1.807, 2.05) is 42.5 Å². The quantitative estimate of drug-likeness (QED) is 0.683. The van der Waals surface area contributed by atoms with Gasteiger partial charge in [0.15, 0.2) is 0 Å². The van der Waals surface area contributed by atoms with Gasteiger partial charge in [0.05, 0.1) is 13.0 Å². The summed E-state index contributed by atoms with van der Waals surface area (Å²) in [6.45, 7) is 3.51. The Kier molecular flexibility index (Phi) is 5.80. The highest BCUT2D eigenvalue weighted by molar-refractivity contribution is 5.45. The first kappa shape index (κ1) is 17.2. The summed E-state index contributed by atoms with van der Waals surface area (Å²) in [5, 5.41) is 17.5. The summed E-state index contributed by atoms with van der Waals surface area (Å²) in [5.41, 5.74) is 3.49. The van der Waals surface area contributed by atoms with Crippen molar-refractivity contribution in [2.75, 3.05) is 18.1 Å². The average molecular weight is 337 g/mol. The van der Waals surface area contributed by atoms with Gasteiger partial charge in [-0.15, -0.1) is 10.2 Å². The number of aliphatic hydroxyl groups excluding tert-OH is 1. The first-order valence-corrected chi connectivity index (χ1v) is 8.53. The van der Waals surface area contributed by atoms with Crippen molar-refractivity contribution in [3.05, 3.63) is 77.5 Å². The highest BCUT2D eigenvalue weighted by Crippen LogP contribution is 2.18. The Bertz CT molecular complexity index is 786. The van der Waals surface area contributed by atoms with Gasteiger partial charge in [-0.25, -0.2) is 0 Å². The maximum atomic E-state index is 9.14. The highest BCUT2D eigenvalue weighted by Gasteiger charge is 2.13. The third-order valence-electron chi connectivity index (χ3n) is 4.15. The normalized spacial score (nSPS) is 10.8. The monoisotopic (exact) mass is 337 g/mol. The lowest BCUT2D eigenvalue weighted by atomic mass is 10.1. The van der Waals surface area contributed by atoms with E-state index in [0.29, 0.717) is 31.2 Å². The molecule has 0 aliphatic carbocycles. The molecule has 5 nitrogen and oxygen atoms in total. The van der Waals surface area contributed by atoms with Crippen LogP contribution >= 0.6 is 0 Å². The van der Waals surface area contributed by atoms with E-state index in [1.165, 1.54) is 11.1 Å². The summed E-state index contributed by atoms with van der Waals surface area (Å²) in [7, 11) is 0. The SMILES string of the molecule is Cc1ccccc1Cc1nnc(CN(CCCO)c2ccccc2)o1. The molecule has 0 spiro atoms. The fourth-order valence-electron chi connectivity index (χ4n) is 2.76. The summed E-state index contributed by atoms with van der Waals surface area (Å²) in [5.74, 6) is 1.21. The van der Waals surface area contributed by atoms with Gasteiger partial charge in [0.1, 0.15) is 0 Å². The number of anilines is 1. The van der Waals surface area contributed by atoms with Crippen molar-refractivity contribution in [1.82, 2.24) is 10.2 Å². The van der Waals surface area contributed by atoms with Gasteiger partial charge in [-0.3, -0.25) is 0 Å². The number of hydrogen-bond acceptors (Lipinski definition) is 5. The van der Waals surface area contributed by atoms with Crippen LogP contribution in [0.2, 0.25) is 0 Å². The Labute approximate surface area is 147 Å². The third-order valence-corrected chi connectivity index (χ3v) is 4.15. The van der Waals surface area contributed by atoms with Crippen molar-refractivity contribution in [3.8, 4) is 0 Å². The second-order valence-corrected chi connectivity index (χ2v) is 6.03. The zero-order chi connectivity index (χ0) is 17.5. The second kappa shape index (κ2) is 8.44. The fraction of sp³-hybridized carbons (Fsp3) is 0.300. The van der Waals surface area contributed by atoms with Crippen LogP contribution in [0, 0.1) is 6.92 Å². The van der Waals surface area contributed by atoms with Crippen molar-refractivity contribution in [2.45, 2.75) is 26.3 Å². The Balaban J connectivity index is 1.71. The lowest BCUT2D eigenvalue weighted by molar-refractivity contribution is 0.288. The first-order valence-electron chi connectivity index (χ1n) is 8.53. The zero-order valence-electron chi connectivity index (χ0n) is 14.4. The van der Waals surface area contributed by atoms with Gasteiger partial charge in [-0.1, -0.05) is 42.5 Å². The van der Waals surface area contributed by atoms with E-state index >= 15 is 0 Å². The van der Waals surface area contributed by atoms with Crippen molar-refractivity contribution in [3.63, 3.8) is 0 Å². The van der Waals surface area contributed by atoms with Crippen LogP contribution in [-0.4, -0.2) is 28.5 Å². The summed E-state index contributed by atoms with van der Waals surface area (Å²) < 4.78 is 5.85. The topological polar surface area (TPSA) is 62.4 Å². The van der Waals surface area contributed by atoms with Crippen LogP contribution in [0.5, 0.6) is 0 Å². The lowest BCUT2D eigenvalue weighted by Gasteiger charge is -2.22. The molecule has 0 atom stereocenters. The fourth-order valence-corrected chi connectivity index (χ4v) is 2.76. The van der Waals surface area contributed by atoms with Crippen LogP contribution in [0.3, 0.4) is 0 Å². The third kappa shape index (κ3) is 4.67. The molecule has 130 valence electrons. The molecule has 1 N–H and O–H groups in total. The van der Waals surface area contributed by atoms with Gasteiger partial charge in [0, 0.05) is 18.8 Å². The van der Waals surface area contributed by atoms with Crippen LogP contribution < -0.4 is 4.90 Å². The minimum Gasteiger partial charge on any atom is -0.423 e. The first-order chi connectivity index (χ1) is 12.3. The van der Waals surface area contributed by atoms with E-state index in [9.17, 15) is 0 Å². The molecular weight excluding hydrogens is 314 g/mol. The maximum absolute atomic E-state index is 9.14. The van der Waals surface area contributed by atoms with Crippen LogP contribution in [0.15, 0.2) is 59.0 Å². The average Bonchev–Trinajstić information content (AvgIpc) is 3.08. The number of aromatic nitrogens is 2. The van der Waals surface area contributed by atoms with Gasteiger partial charge in [0.25, 0.3) is 0 Å². The summed E-state index contributed by atoms with van der Waals surface area (Å²) >= 11 is 0. The molecule has 3 rings (SSSR count). The van der Waals surface area contributed by atoms with E-state index < -0.39 is 0 Å². The van der Waals surface area contributed by atoms with Crippen molar-refractivity contribution in [2.24, 2.45) is 0 Å². The Morgan fingerprint density at radius 1 is 0.960 bits per heavy atom. The van der Waals surface area contributed by atoms with Crippen molar-refractivity contribution in [1.29, 1.82) is 0 Å². The minimum atomic E-state index is 0.158. The summed E-state index contributed by atoms with van der Waals surface area (Å²) in [4.78, 5) is 2.14. The number of para-hydroxylation sites is 1. The van der Waals surface area contributed by atoms with E-state index in [1.54, 1.807) is 0 Å². The minimum absolute atomic E-state index is 0.158. The molecule has 2 aromatic carbocycles. The lowest BCUT2D eigenvalue weighted by Crippen LogP contribution is -2.24. The number of nitrogens with zero attached hydrogens (tertiary/aromatic N) is 3. The van der Waals surface area contributed by atoms with E-state index in [0.717, 1.165) is 12.2 Å². The molecule has 3 aromatic rings. The van der Waals surface area contributed by atoms with Gasteiger partial charge in [-0.2, -0.15) is 0 Å². The van der Waals surface area contributed by atoms with E-state index in [-0.39, 0.29) is 6.61 Å². The molecule has 5 heteroatoms. The molecule has 1 heterocycles.